The standard InChI is InChI=1S/C19H17BrClN3O3/c20-13-2-1-3-15(7-13)24-9-12(6-18(24)25)19(26)23-10-16(11-23)27-17-5-4-14(21)8-22-17/h1-5,7-8,12,16H,6,9-11H2. The SMILES string of the molecule is O=C(C1CC(=O)N(c2cccc(Br)c2)C1)N1CC(Oc2ccc(Cl)cn2)C1. The highest BCUT2D eigenvalue weighted by atomic mass is 79.9. The lowest BCUT2D eigenvalue weighted by Gasteiger charge is -2.39. The van der Waals surface area contributed by atoms with Crippen molar-refractivity contribution in [3.05, 3.63) is 52.1 Å². The van der Waals surface area contributed by atoms with E-state index < -0.39 is 0 Å². The van der Waals surface area contributed by atoms with Crippen LogP contribution in [-0.4, -0.2) is 47.4 Å². The minimum absolute atomic E-state index is 0.00441. The van der Waals surface area contributed by atoms with Crippen LogP contribution in [0.15, 0.2) is 47.1 Å². The molecule has 140 valence electrons. The van der Waals surface area contributed by atoms with E-state index in [0.717, 1.165) is 10.2 Å². The molecule has 1 aromatic carbocycles. The van der Waals surface area contributed by atoms with E-state index in [1.807, 2.05) is 24.3 Å². The molecule has 0 aliphatic carbocycles. The van der Waals surface area contributed by atoms with Gasteiger partial charge in [0.25, 0.3) is 0 Å². The summed E-state index contributed by atoms with van der Waals surface area (Å²) in [5.41, 5.74) is 0.809. The molecule has 0 spiro atoms. The second kappa shape index (κ2) is 7.48. The van der Waals surface area contributed by atoms with Gasteiger partial charge in [-0.2, -0.15) is 0 Å². The number of carbonyl (C=O) groups is 2. The summed E-state index contributed by atoms with van der Waals surface area (Å²) in [5, 5.41) is 0.550. The van der Waals surface area contributed by atoms with Gasteiger partial charge in [-0.1, -0.05) is 33.6 Å². The second-order valence-electron chi connectivity index (χ2n) is 6.68. The molecule has 0 saturated carbocycles. The fraction of sp³-hybridized carbons (Fsp3) is 0.316. The van der Waals surface area contributed by atoms with Crippen molar-refractivity contribution < 1.29 is 14.3 Å². The maximum Gasteiger partial charge on any atom is 0.228 e. The van der Waals surface area contributed by atoms with Crippen LogP contribution in [0.2, 0.25) is 5.02 Å². The van der Waals surface area contributed by atoms with Crippen LogP contribution in [0.25, 0.3) is 0 Å². The minimum Gasteiger partial charge on any atom is -0.471 e. The molecular weight excluding hydrogens is 434 g/mol. The summed E-state index contributed by atoms with van der Waals surface area (Å²) >= 11 is 9.22. The van der Waals surface area contributed by atoms with E-state index in [4.69, 9.17) is 16.3 Å². The molecule has 0 radical (unpaired) electrons. The number of aromatic nitrogens is 1. The predicted octanol–water partition coefficient (Wildman–Crippen LogP) is 3.14. The van der Waals surface area contributed by atoms with E-state index in [-0.39, 0.29) is 30.3 Å². The number of anilines is 1. The molecular formula is C19H17BrClN3O3. The zero-order chi connectivity index (χ0) is 19.0. The third kappa shape index (κ3) is 3.94. The Labute approximate surface area is 170 Å². The number of hydrogen-bond donors (Lipinski definition) is 0. The third-order valence-corrected chi connectivity index (χ3v) is 5.46. The van der Waals surface area contributed by atoms with Crippen LogP contribution in [0.5, 0.6) is 5.88 Å². The van der Waals surface area contributed by atoms with Crippen molar-refractivity contribution in [2.24, 2.45) is 5.92 Å². The summed E-state index contributed by atoms with van der Waals surface area (Å²) in [6.07, 6.45) is 1.69. The average Bonchev–Trinajstić information content (AvgIpc) is 3.01. The molecule has 0 bridgehead atoms. The maximum atomic E-state index is 12.7. The molecule has 2 aromatic rings. The highest BCUT2D eigenvalue weighted by Crippen LogP contribution is 2.29. The van der Waals surface area contributed by atoms with Crippen molar-refractivity contribution in [3.8, 4) is 5.88 Å². The van der Waals surface area contributed by atoms with Gasteiger partial charge in [0.15, 0.2) is 0 Å². The number of nitrogens with zero attached hydrogens (tertiary/aromatic N) is 3. The van der Waals surface area contributed by atoms with Crippen LogP contribution in [0.1, 0.15) is 6.42 Å². The zero-order valence-corrected chi connectivity index (χ0v) is 16.7. The molecule has 2 aliphatic heterocycles. The van der Waals surface area contributed by atoms with Gasteiger partial charge in [-0.15, -0.1) is 0 Å². The normalized spacial score (nSPS) is 19.9. The number of pyridine rings is 1. The molecule has 1 aromatic heterocycles. The van der Waals surface area contributed by atoms with Gasteiger partial charge < -0.3 is 14.5 Å². The Bertz CT molecular complexity index is 871. The molecule has 4 rings (SSSR count). The number of halogens is 2. The van der Waals surface area contributed by atoms with E-state index in [0.29, 0.717) is 30.5 Å². The molecule has 27 heavy (non-hydrogen) atoms. The summed E-state index contributed by atoms with van der Waals surface area (Å²) in [4.78, 5) is 32.6. The minimum atomic E-state index is -0.314. The van der Waals surface area contributed by atoms with Crippen LogP contribution in [0.4, 0.5) is 5.69 Å². The predicted molar refractivity (Wildman–Crippen MR) is 105 cm³/mol. The number of hydrogen-bond acceptors (Lipinski definition) is 4. The monoisotopic (exact) mass is 449 g/mol. The van der Waals surface area contributed by atoms with Gasteiger partial charge in [-0.05, 0) is 24.3 Å². The molecule has 8 heteroatoms. The van der Waals surface area contributed by atoms with Gasteiger partial charge in [0.05, 0.1) is 24.0 Å². The van der Waals surface area contributed by atoms with E-state index in [9.17, 15) is 9.59 Å². The third-order valence-electron chi connectivity index (χ3n) is 4.74. The summed E-state index contributed by atoms with van der Waals surface area (Å²) in [5.74, 6) is 0.161. The molecule has 2 aliphatic rings. The Morgan fingerprint density at radius 1 is 1.22 bits per heavy atom. The van der Waals surface area contributed by atoms with Crippen molar-refractivity contribution in [1.29, 1.82) is 0 Å². The summed E-state index contributed by atoms with van der Waals surface area (Å²) < 4.78 is 6.63. The average molecular weight is 451 g/mol. The van der Waals surface area contributed by atoms with Crippen molar-refractivity contribution in [1.82, 2.24) is 9.88 Å². The Morgan fingerprint density at radius 2 is 2.04 bits per heavy atom. The van der Waals surface area contributed by atoms with Crippen molar-refractivity contribution in [3.63, 3.8) is 0 Å². The van der Waals surface area contributed by atoms with E-state index >= 15 is 0 Å². The topological polar surface area (TPSA) is 62.7 Å². The summed E-state index contributed by atoms with van der Waals surface area (Å²) in [6.45, 7) is 1.42. The van der Waals surface area contributed by atoms with Gasteiger partial charge in [-0.25, -0.2) is 4.98 Å². The lowest BCUT2D eigenvalue weighted by Crippen LogP contribution is -2.57. The second-order valence-corrected chi connectivity index (χ2v) is 8.04. The Hall–Kier alpha value is -2.12. The fourth-order valence-electron chi connectivity index (χ4n) is 3.32. The van der Waals surface area contributed by atoms with Crippen LogP contribution >= 0.6 is 27.5 Å². The lowest BCUT2D eigenvalue weighted by molar-refractivity contribution is -0.144. The molecule has 6 nitrogen and oxygen atoms in total. The number of ether oxygens (including phenoxy) is 1. The van der Waals surface area contributed by atoms with E-state index in [2.05, 4.69) is 20.9 Å². The molecule has 2 amide bonds. The maximum absolute atomic E-state index is 12.7. The van der Waals surface area contributed by atoms with Gasteiger partial charge in [0.2, 0.25) is 17.7 Å². The van der Waals surface area contributed by atoms with Gasteiger partial charge in [-0.3, -0.25) is 9.59 Å². The Morgan fingerprint density at radius 3 is 2.74 bits per heavy atom. The first-order valence-corrected chi connectivity index (χ1v) is 9.79. The zero-order valence-electron chi connectivity index (χ0n) is 14.3. The summed E-state index contributed by atoms with van der Waals surface area (Å²) in [7, 11) is 0. The highest BCUT2D eigenvalue weighted by Gasteiger charge is 2.41. The van der Waals surface area contributed by atoms with Gasteiger partial charge in [0.1, 0.15) is 6.10 Å². The Balaban J connectivity index is 1.32. The summed E-state index contributed by atoms with van der Waals surface area (Å²) in [6, 6.07) is 11.0. The number of amides is 2. The largest absolute Gasteiger partial charge is 0.471 e. The van der Waals surface area contributed by atoms with E-state index in [1.54, 1.807) is 21.9 Å². The first-order valence-electron chi connectivity index (χ1n) is 8.62. The highest BCUT2D eigenvalue weighted by molar-refractivity contribution is 9.10. The van der Waals surface area contributed by atoms with Crippen LogP contribution in [0, 0.1) is 5.92 Å². The number of likely N-dealkylation sites (tertiary alicyclic amines) is 1. The molecule has 1 unspecified atom stereocenters. The quantitative estimate of drug-likeness (QED) is 0.718. The van der Waals surface area contributed by atoms with Crippen molar-refractivity contribution in [2.45, 2.75) is 12.5 Å². The van der Waals surface area contributed by atoms with Gasteiger partial charge >= 0.3 is 0 Å². The number of benzene rings is 1. The molecule has 2 fully saturated rings. The number of carbonyl (C=O) groups excluding carboxylic acids is 2. The fourth-order valence-corrected chi connectivity index (χ4v) is 3.82. The molecule has 3 heterocycles. The molecule has 2 saturated heterocycles. The van der Waals surface area contributed by atoms with Crippen LogP contribution in [-0.2, 0) is 9.59 Å². The first-order chi connectivity index (χ1) is 13.0. The molecule has 1 atom stereocenters. The smallest absolute Gasteiger partial charge is 0.228 e. The van der Waals surface area contributed by atoms with Crippen LogP contribution in [0.3, 0.4) is 0 Å². The van der Waals surface area contributed by atoms with E-state index in [1.165, 1.54) is 6.20 Å². The first kappa shape index (κ1) is 18.3. The van der Waals surface area contributed by atoms with Crippen molar-refractivity contribution in [2.75, 3.05) is 24.5 Å². The number of rotatable bonds is 4. The lowest BCUT2D eigenvalue weighted by atomic mass is 10.0. The molecule has 0 N–H and O–H groups in total. The Kier molecular flexibility index (Phi) is 5.06. The van der Waals surface area contributed by atoms with Crippen LogP contribution < -0.4 is 9.64 Å². The van der Waals surface area contributed by atoms with Gasteiger partial charge in [0, 0.05) is 35.4 Å². The van der Waals surface area contributed by atoms with Crippen molar-refractivity contribution >= 4 is 45.0 Å².